The summed E-state index contributed by atoms with van der Waals surface area (Å²) in [6, 6.07) is 33.8. The van der Waals surface area contributed by atoms with Gasteiger partial charge in [-0.1, -0.05) is 89.5 Å². The summed E-state index contributed by atoms with van der Waals surface area (Å²) >= 11 is 16.4. The highest BCUT2D eigenvalue weighted by molar-refractivity contribution is 7.80. The fourth-order valence-electron chi connectivity index (χ4n) is 9.59. The zero-order valence-corrected chi connectivity index (χ0v) is 58.6. The summed E-state index contributed by atoms with van der Waals surface area (Å²) in [7, 11) is 0. The molecule has 18 nitrogen and oxygen atoms in total. The third-order valence-electron chi connectivity index (χ3n) is 15.2. The second kappa shape index (κ2) is 41.2. The van der Waals surface area contributed by atoms with Crippen molar-refractivity contribution in [1.29, 1.82) is 10.5 Å². The third kappa shape index (κ3) is 26.7. The number of nitriles is 2. The number of benzene rings is 5. The molecule has 0 spiro atoms. The lowest BCUT2D eigenvalue weighted by molar-refractivity contribution is -0.138. The number of nitrogens with two attached hydrogens (primary N) is 1. The van der Waals surface area contributed by atoms with Crippen molar-refractivity contribution in [3.8, 4) is 12.1 Å². The molecule has 0 aliphatic carbocycles. The number of rotatable bonds is 33. The molecule has 2 heterocycles. The number of carbonyl (C=O) groups excluding carboxylic acids is 3. The van der Waals surface area contributed by atoms with E-state index in [1.165, 1.54) is 57.0 Å². The van der Waals surface area contributed by atoms with E-state index in [1.54, 1.807) is 32.6 Å². The number of aryl methyl sites for hydroxylation is 3. The smallest absolute Gasteiger partial charge is 0.417 e. The van der Waals surface area contributed by atoms with Crippen molar-refractivity contribution in [2.75, 3.05) is 95.5 Å². The Morgan fingerprint density at radius 2 is 0.857 bits per heavy atom. The SMILES string of the molecule is CC1(C)C(=O)N(c2ccc(C#N)c(C(F)(F)F)c2)C(=S)N1CCCC(=O)O.Cc1ccc(CCl)cc1.Cc1ccc(COCCOCCOCCCC(=O)CCCN2C(=S)N(c3ccc(C#N)c(C(F)(F)F)c3)C(=O)C2(C)C)cc1.Cc1ccc(COCCOCCOCCN)cc1. The molecule has 5 aromatic carbocycles. The molecule has 3 N–H and O–H groups in total. The predicted octanol–water partition coefficient (Wildman–Crippen LogP) is 13.4. The summed E-state index contributed by atoms with van der Waals surface area (Å²) < 4.78 is 113. The van der Waals surface area contributed by atoms with Crippen LogP contribution in [0.5, 0.6) is 0 Å². The Kier molecular flexibility index (Phi) is 34.9. The van der Waals surface area contributed by atoms with Crippen LogP contribution in [0.4, 0.5) is 37.7 Å². The first-order chi connectivity index (χ1) is 46.4. The number of anilines is 2. The van der Waals surface area contributed by atoms with Crippen LogP contribution in [0.1, 0.15) is 122 Å². The highest BCUT2D eigenvalue weighted by Crippen LogP contribution is 2.40. The fourth-order valence-corrected chi connectivity index (χ4v) is 10.8. The highest BCUT2D eigenvalue weighted by atomic mass is 35.5. The van der Waals surface area contributed by atoms with Crippen molar-refractivity contribution in [2.45, 2.75) is 130 Å². The Bertz CT molecular complexity index is 3480. The number of Topliss-reactive ketones (excluding diaryl/α,β-unsaturated/α-hetero) is 1. The average molecular weight is 1430 g/mol. The molecule has 5 aromatic rings. The molecule has 0 aromatic heterocycles. The lowest BCUT2D eigenvalue weighted by Crippen LogP contribution is -2.44. The Morgan fingerprint density at radius 3 is 1.20 bits per heavy atom. The lowest BCUT2D eigenvalue weighted by atomic mass is 10.0. The van der Waals surface area contributed by atoms with E-state index in [0.29, 0.717) is 111 Å². The summed E-state index contributed by atoms with van der Waals surface area (Å²) in [5.74, 6) is -1.35. The van der Waals surface area contributed by atoms with E-state index in [1.807, 2.05) is 43.3 Å². The van der Waals surface area contributed by atoms with Crippen molar-refractivity contribution in [3.05, 3.63) is 165 Å². The van der Waals surface area contributed by atoms with Crippen molar-refractivity contribution in [1.82, 2.24) is 9.80 Å². The number of carbonyl (C=O) groups is 4. The number of ketones is 1. The van der Waals surface area contributed by atoms with Gasteiger partial charge < -0.3 is 49.1 Å². The van der Waals surface area contributed by atoms with Crippen molar-refractivity contribution in [2.24, 2.45) is 5.73 Å². The Morgan fingerprint density at radius 1 is 0.520 bits per heavy atom. The minimum atomic E-state index is -4.77. The molecule has 2 amide bonds. The quantitative estimate of drug-likeness (QED) is 0.0172. The van der Waals surface area contributed by atoms with Gasteiger partial charge in [0.1, 0.15) is 16.9 Å². The van der Waals surface area contributed by atoms with E-state index in [4.69, 9.17) is 85.8 Å². The normalized spacial score (nSPS) is 14.1. The van der Waals surface area contributed by atoms with E-state index in [0.717, 1.165) is 39.6 Å². The molecule has 0 saturated carbocycles. The van der Waals surface area contributed by atoms with E-state index in [2.05, 4.69) is 50.2 Å². The Balaban J connectivity index is 0.000000318. The largest absolute Gasteiger partial charge is 0.481 e. The van der Waals surface area contributed by atoms with Crippen LogP contribution in [0.3, 0.4) is 0 Å². The first-order valence-corrected chi connectivity index (χ1v) is 33.0. The van der Waals surface area contributed by atoms with Gasteiger partial charge in [0.25, 0.3) is 11.8 Å². The standard InChI is InChI=1S/C32H38F3N3O5S.C17H16F3N3O3S.C14H23NO3.C8H9Cl/c1-23-8-10-24(11-9-23)22-43-19-18-42-17-16-41-15-5-7-27(39)6-4-14-37-30(44)38(29(40)31(37,2)3)26-13-12-25(21-36)28(20-26)32(33,34)35;1-16(2)14(26)23(15(27)22(16)7-3-4-13(24)25)11-6-5-10(9-21)12(8-11)17(18,19)20;1-13-2-4-14(5-3-13)12-18-11-10-17-9-8-16-7-6-15;1-7-2-4-8(6-9)5-3-7/h8-13,20H,4-7,14-19,22H2,1-3H3;5-6,8H,3-4,7H2,1-2H3,(H,24,25);2-5H,6-12,15H2,1H3;2-5H,6H2,1H3. The van der Waals surface area contributed by atoms with Gasteiger partial charge in [0.15, 0.2) is 10.2 Å². The minimum absolute atomic E-state index is 0.00628. The van der Waals surface area contributed by atoms with Crippen molar-refractivity contribution >= 4 is 81.2 Å². The second-order valence-electron chi connectivity index (χ2n) is 23.6. The van der Waals surface area contributed by atoms with Crippen molar-refractivity contribution in [3.63, 3.8) is 0 Å². The number of hydrogen-bond acceptors (Lipinski definition) is 15. The van der Waals surface area contributed by atoms with Crippen LogP contribution in [-0.2, 0) is 79.0 Å². The zero-order chi connectivity index (χ0) is 72.6. The van der Waals surface area contributed by atoms with Gasteiger partial charge in [0.2, 0.25) is 0 Å². The van der Waals surface area contributed by atoms with Gasteiger partial charge >= 0.3 is 18.3 Å². The molecule has 7 rings (SSSR count). The van der Waals surface area contributed by atoms with Gasteiger partial charge in [-0.05, 0) is 145 Å². The van der Waals surface area contributed by atoms with Crippen LogP contribution in [0.2, 0.25) is 0 Å². The van der Waals surface area contributed by atoms with Gasteiger partial charge in [-0.3, -0.25) is 29.0 Å². The molecule has 0 bridgehead atoms. The first-order valence-electron chi connectivity index (χ1n) is 31.6. The number of hydrogen-bond donors (Lipinski definition) is 2. The molecule has 27 heteroatoms. The summed E-state index contributed by atoms with van der Waals surface area (Å²) in [6.45, 7) is 20.0. The summed E-state index contributed by atoms with van der Waals surface area (Å²) in [5.41, 5.74) is 6.74. The number of amides is 2. The molecule has 2 fully saturated rings. The molecule has 2 saturated heterocycles. The fraction of sp³-hybridized carbons (Fsp3) is 0.465. The first kappa shape index (κ1) is 83.0. The molecule has 0 unspecified atom stereocenters. The van der Waals surface area contributed by atoms with Crippen molar-refractivity contribution < 1.29 is 79.0 Å². The van der Waals surface area contributed by atoms with Gasteiger partial charge in [0.05, 0.1) is 118 Å². The van der Waals surface area contributed by atoms with Crippen LogP contribution in [-0.4, -0.2) is 145 Å². The molecule has 532 valence electrons. The maximum absolute atomic E-state index is 13.5. The molecule has 2 aliphatic rings. The molecule has 2 aliphatic heterocycles. The number of thiocarbonyl (C=S) groups is 2. The van der Waals surface area contributed by atoms with Crippen LogP contribution < -0.4 is 15.5 Å². The monoisotopic (exact) mass is 1430 g/mol. The molecule has 0 radical (unpaired) electrons. The number of nitrogens with zero attached hydrogens (tertiary/aromatic N) is 6. The number of aliphatic carboxylic acids is 1. The molecule has 98 heavy (non-hydrogen) atoms. The van der Waals surface area contributed by atoms with E-state index in [-0.39, 0.29) is 59.7 Å². The van der Waals surface area contributed by atoms with Gasteiger partial charge in [-0.15, -0.1) is 11.6 Å². The topological polar surface area (TPSA) is 230 Å². The van der Waals surface area contributed by atoms with Gasteiger partial charge in [-0.2, -0.15) is 36.9 Å². The van der Waals surface area contributed by atoms with E-state index >= 15 is 0 Å². The Labute approximate surface area is 585 Å². The predicted molar refractivity (Wildman–Crippen MR) is 369 cm³/mol. The van der Waals surface area contributed by atoms with Crippen LogP contribution in [0.25, 0.3) is 0 Å². The third-order valence-corrected chi connectivity index (χ3v) is 16.3. The van der Waals surface area contributed by atoms with Crippen LogP contribution in [0, 0.1) is 43.4 Å². The summed E-state index contributed by atoms with van der Waals surface area (Å²) in [5, 5.41) is 26.8. The zero-order valence-electron chi connectivity index (χ0n) is 56.2. The molecule has 0 atom stereocenters. The number of carboxylic acids is 1. The molecular weight excluding hydrogens is 1340 g/mol. The highest BCUT2D eigenvalue weighted by Gasteiger charge is 2.51. The number of ether oxygens (including phenoxy) is 6. The maximum atomic E-state index is 13.5. The minimum Gasteiger partial charge on any atom is -0.481 e. The molecular formula is C71H86ClF6N7O11S2. The van der Waals surface area contributed by atoms with E-state index < -0.39 is 63.5 Å². The van der Waals surface area contributed by atoms with Crippen LogP contribution in [0.15, 0.2) is 109 Å². The lowest BCUT2D eigenvalue weighted by Gasteiger charge is -2.29. The number of alkyl halides is 7. The number of halogens is 7. The number of carboxylic acid groups (broad SMARTS) is 1. The van der Waals surface area contributed by atoms with Gasteiger partial charge in [0, 0.05) is 51.4 Å². The second-order valence-corrected chi connectivity index (χ2v) is 24.6. The van der Waals surface area contributed by atoms with Crippen LogP contribution >= 0.6 is 36.0 Å². The van der Waals surface area contributed by atoms with E-state index in [9.17, 15) is 45.5 Å². The summed E-state index contributed by atoms with van der Waals surface area (Å²) in [6.07, 6.45) is -7.83. The maximum Gasteiger partial charge on any atom is 0.417 e. The average Bonchev–Trinajstić information content (AvgIpc) is 1.60. The summed E-state index contributed by atoms with van der Waals surface area (Å²) in [4.78, 5) is 54.3. The van der Waals surface area contributed by atoms with Gasteiger partial charge in [-0.25, -0.2) is 0 Å². The Hall–Kier alpha value is -7.47.